The summed E-state index contributed by atoms with van der Waals surface area (Å²) in [5, 5.41) is 4.43. The molecule has 2 aromatic rings. The fourth-order valence-corrected chi connectivity index (χ4v) is 2.70. The van der Waals surface area contributed by atoms with Crippen LogP contribution < -0.4 is 21.9 Å². The van der Waals surface area contributed by atoms with Gasteiger partial charge >= 0.3 is 6.18 Å². The lowest BCUT2D eigenvalue weighted by atomic mass is 10.2. The molecule has 1 aromatic carbocycles. The van der Waals surface area contributed by atoms with Gasteiger partial charge in [0.05, 0.1) is 33.8 Å². The molecule has 25 heavy (non-hydrogen) atoms. The standard InChI is InChI=1S/C16H19BrF3N5/c17-14-12(24-10-11-4-1-2-8-23-11)5-6-13(15(14)21)25(22)9-3-7-16(18,19)20/h1-2,4-6,8,24H,3,7,9-10,21-22H2. The number of nitrogens with zero attached hydrogens (tertiary/aromatic N) is 2. The van der Waals surface area contributed by atoms with E-state index in [9.17, 15) is 13.2 Å². The molecule has 0 radical (unpaired) electrons. The molecule has 1 heterocycles. The third-order valence-corrected chi connectivity index (χ3v) is 4.37. The molecule has 9 heteroatoms. The number of alkyl halides is 3. The van der Waals surface area contributed by atoms with Gasteiger partial charge < -0.3 is 16.1 Å². The third kappa shape index (κ3) is 5.79. The first kappa shape index (κ1) is 19.3. The second-order valence-corrected chi connectivity index (χ2v) is 6.24. The fourth-order valence-electron chi connectivity index (χ4n) is 2.23. The van der Waals surface area contributed by atoms with E-state index in [1.165, 1.54) is 5.01 Å². The maximum absolute atomic E-state index is 12.2. The number of halogens is 4. The summed E-state index contributed by atoms with van der Waals surface area (Å²) in [6.45, 7) is 0.563. The van der Waals surface area contributed by atoms with Crippen LogP contribution in [0.2, 0.25) is 0 Å². The van der Waals surface area contributed by atoms with Gasteiger partial charge in [-0.3, -0.25) is 4.98 Å². The van der Waals surface area contributed by atoms with E-state index >= 15 is 0 Å². The van der Waals surface area contributed by atoms with Crippen LogP contribution in [-0.4, -0.2) is 17.7 Å². The van der Waals surface area contributed by atoms with Gasteiger partial charge in [-0.2, -0.15) is 13.2 Å². The topological polar surface area (TPSA) is 80.2 Å². The zero-order valence-electron chi connectivity index (χ0n) is 13.4. The highest BCUT2D eigenvalue weighted by Crippen LogP contribution is 2.36. The molecule has 0 amide bonds. The van der Waals surface area contributed by atoms with Crippen molar-refractivity contribution in [2.75, 3.05) is 22.6 Å². The highest BCUT2D eigenvalue weighted by atomic mass is 79.9. The van der Waals surface area contributed by atoms with Crippen molar-refractivity contribution in [2.45, 2.75) is 25.6 Å². The van der Waals surface area contributed by atoms with Gasteiger partial charge in [-0.15, -0.1) is 0 Å². The summed E-state index contributed by atoms with van der Waals surface area (Å²) in [5.41, 5.74) is 8.51. The molecule has 0 unspecified atom stereocenters. The summed E-state index contributed by atoms with van der Waals surface area (Å²) in [5.74, 6) is 5.84. The number of pyridine rings is 1. The van der Waals surface area contributed by atoms with Gasteiger partial charge in [0.1, 0.15) is 0 Å². The van der Waals surface area contributed by atoms with Crippen LogP contribution in [0.15, 0.2) is 41.0 Å². The van der Waals surface area contributed by atoms with Crippen molar-refractivity contribution in [3.63, 3.8) is 0 Å². The number of anilines is 3. The average molecular weight is 418 g/mol. The summed E-state index contributed by atoms with van der Waals surface area (Å²) < 4.78 is 37.3. The number of nitrogens with one attached hydrogen (secondary N) is 1. The van der Waals surface area contributed by atoms with Gasteiger partial charge in [0.15, 0.2) is 0 Å². The lowest BCUT2D eigenvalue weighted by Crippen LogP contribution is -2.33. The second-order valence-electron chi connectivity index (χ2n) is 5.45. The molecule has 2 rings (SSSR count). The fraction of sp³-hybridized carbons (Fsp3) is 0.312. The van der Waals surface area contributed by atoms with E-state index in [1.807, 2.05) is 18.2 Å². The average Bonchev–Trinajstić information content (AvgIpc) is 2.56. The summed E-state index contributed by atoms with van der Waals surface area (Å²) >= 11 is 3.40. The number of nitrogens with two attached hydrogens (primary N) is 2. The Bertz CT molecular complexity index is 694. The van der Waals surface area contributed by atoms with E-state index in [0.29, 0.717) is 22.4 Å². The SMILES string of the molecule is Nc1c(N(N)CCCC(F)(F)F)ccc(NCc2ccccn2)c1Br. The monoisotopic (exact) mass is 417 g/mol. The molecule has 136 valence electrons. The molecule has 0 aliphatic rings. The van der Waals surface area contributed by atoms with E-state index < -0.39 is 12.6 Å². The number of benzene rings is 1. The number of hydrogen-bond acceptors (Lipinski definition) is 5. The van der Waals surface area contributed by atoms with Crippen molar-refractivity contribution in [3.8, 4) is 0 Å². The van der Waals surface area contributed by atoms with Gasteiger partial charge in [0.25, 0.3) is 0 Å². The maximum Gasteiger partial charge on any atom is 0.389 e. The normalized spacial score (nSPS) is 11.4. The molecule has 0 spiro atoms. The van der Waals surface area contributed by atoms with Gasteiger partial charge in [0, 0.05) is 19.2 Å². The molecular weight excluding hydrogens is 399 g/mol. The zero-order valence-corrected chi connectivity index (χ0v) is 14.9. The zero-order chi connectivity index (χ0) is 18.4. The van der Waals surface area contributed by atoms with Crippen LogP contribution in [0.25, 0.3) is 0 Å². The Morgan fingerprint density at radius 3 is 2.60 bits per heavy atom. The van der Waals surface area contributed by atoms with E-state index in [-0.39, 0.29) is 13.0 Å². The first-order chi connectivity index (χ1) is 11.8. The highest BCUT2D eigenvalue weighted by molar-refractivity contribution is 9.10. The lowest BCUT2D eigenvalue weighted by molar-refractivity contribution is -0.135. The van der Waals surface area contributed by atoms with Crippen molar-refractivity contribution >= 4 is 33.0 Å². The van der Waals surface area contributed by atoms with Crippen molar-refractivity contribution < 1.29 is 13.2 Å². The van der Waals surface area contributed by atoms with E-state index in [4.69, 9.17) is 11.6 Å². The van der Waals surface area contributed by atoms with Crippen molar-refractivity contribution in [1.82, 2.24) is 4.98 Å². The van der Waals surface area contributed by atoms with Crippen LogP contribution in [-0.2, 0) is 6.54 Å². The number of rotatable bonds is 7. The minimum absolute atomic E-state index is 0.0524. The Labute approximate surface area is 152 Å². The summed E-state index contributed by atoms with van der Waals surface area (Å²) in [6.07, 6.45) is -3.47. The van der Waals surface area contributed by atoms with Gasteiger partial charge in [0.2, 0.25) is 0 Å². The van der Waals surface area contributed by atoms with Crippen LogP contribution in [0, 0.1) is 0 Å². The highest BCUT2D eigenvalue weighted by Gasteiger charge is 2.26. The Morgan fingerprint density at radius 1 is 1.20 bits per heavy atom. The first-order valence-electron chi connectivity index (χ1n) is 7.58. The minimum atomic E-state index is -4.19. The Hall–Kier alpha value is -2.00. The number of aromatic nitrogens is 1. The lowest BCUT2D eigenvalue weighted by Gasteiger charge is -2.22. The van der Waals surface area contributed by atoms with Gasteiger partial charge in [-0.05, 0) is 46.6 Å². The summed E-state index contributed by atoms with van der Waals surface area (Å²) in [4.78, 5) is 4.22. The Kier molecular flexibility index (Phi) is 6.49. The Morgan fingerprint density at radius 2 is 1.96 bits per heavy atom. The second kappa shape index (κ2) is 8.39. The molecule has 1 aromatic heterocycles. The van der Waals surface area contributed by atoms with Crippen molar-refractivity contribution in [3.05, 3.63) is 46.7 Å². The van der Waals surface area contributed by atoms with Crippen molar-refractivity contribution in [2.24, 2.45) is 5.84 Å². The molecule has 0 aliphatic heterocycles. The van der Waals surface area contributed by atoms with E-state index in [0.717, 1.165) is 11.4 Å². The molecular formula is C16H19BrF3N5. The largest absolute Gasteiger partial charge is 0.396 e. The van der Waals surface area contributed by atoms with Crippen molar-refractivity contribution in [1.29, 1.82) is 0 Å². The number of hydrazine groups is 1. The van der Waals surface area contributed by atoms with Gasteiger partial charge in [-0.25, -0.2) is 5.84 Å². The Balaban J connectivity index is 2.01. The molecule has 0 aliphatic carbocycles. The quantitative estimate of drug-likeness (QED) is 0.359. The molecule has 5 N–H and O–H groups in total. The molecule has 5 nitrogen and oxygen atoms in total. The van der Waals surface area contributed by atoms with Crippen LogP contribution in [0.3, 0.4) is 0 Å². The molecule has 0 bridgehead atoms. The molecule has 0 saturated carbocycles. The smallest absolute Gasteiger partial charge is 0.389 e. The minimum Gasteiger partial charge on any atom is -0.396 e. The maximum atomic E-state index is 12.2. The predicted molar refractivity (Wildman–Crippen MR) is 96.9 cm³/mol. The van der Waals surface area contributed by atoms with Crippen LogP contribution in [0.4, 0.5) is 30.2 Å². The number of hydrogen-bond donors (Lipinski definition) is 3. The first-order valence-corrected chi connectivity index (χ1v) is 8.38. The summed E-state index contributed by atoms with van der Waals surface area (Å²) in [6, 6.07) is 9.06. The third-order valence-electron chi connectivity index (χ3n) is 3.51. The number of nitrogen functional groups attached to an aromatic ring is 1. The predicted octanol–water partition coefficient (Wildman–Crippen LogP) is 4.06. The van der Waals surface area contributed by atoms with E-state index in [2.05, 4.69) is 26.2 Å². The summed E-state index contributed by atoms with van der Waals surface area (Å²) in [7, 11) is 0. The molecule has 0 saturated heterocycles. The molecule has 0 fully saturated rings. The van der Waals surface area contributed by atoms with Gasteiger partial charge in [-0.1, -0.05) is 6.07 Å². The molecule has 0 atom stereocenters. The van der Waals surface area contributed by atoms with Crippen LogP contribution in [0.5, 0.6) is 0 Å². The van der Waals surface area contributed by atoms with E-state index in [1.54, 1.807) is 18.3 Å². The van der Waals surface area contributed by atoms with Crippen LogP contribution in [0.1, 0.15) is 18.5 Å². The van der Waals surface area contributed by atoms with Crippen LogP contribution >= 0.6 is 15.9 Å².